The summed E-state index contributed by atoms with van der Waals surface area (Å²) in [6, 6.07) is 14.6. The molecule has 0 saturated heterocycles. The van der Waals surface area contributed by atoms with Gasteiger partial charge < -0.3 is 0 Å². The van der Waals surface area contributed by atoms with Crippen LogP contribution in [-0.2, 0) is 0 Å². The first-order chi connectivity index (χ1) is 7.75. The van der Waals surface area contributed by atoms with E-state index in [1.54, 1.807) is 24.3 Å². The molecule has 3 aromatic carbocycles. The molecule has 0 heterocycles. The number of rotatable bonds is 0. The summed E-state index contributed by atoms with van der Waals surface area (Å²) in [6.45, 7) is 0. The van der Waals surface area contributed by atoms with Gasteiger partial charge in [-0.1, -0.05) is 24.3 Å². The van der Waals surface area contributed by atoms with E-state index in [0.717, 1.165) is 0 Å². The Morgan fingerprint density at radius 2 is 1.19 bits per heavy atom. The van der Waals surface area contributed by atoms with Gasteiger partial charge in [-0.15, -0.1) is 0 Å². The zero-order valence-corrected chi connectivity index (χ0v) is 8.22. The van der Waals surface area contributed by atoms with Crippen LogP contribution >= 0.6 is 0 Å². The first-order valence-electron chi connectivity index (χ1n) is 4.85. The molecule has 16 heavy (non-hydrogen) atoms. The van der Waals surface area contributed by atoms with Crippen LogP contribution in [0.4, 0.5) is 8.78 Å². The van der Waals surface area contributed by atoms with Crippen molar-refractivity contribution in [1.29, 1.82) is 0 Å². The maximum Gasteiger partial charge on any atom is 0.138 e. The van der Waals surface area contributed by atoms with Crippen LogP contribution in [0.25, 0.3) is 21.5 Å². The van der Waals surface area contributed by atoms with E-state index < -0.39 is 11.6 Å². The predicted molar refractivity (Wildman–Crippen MR) is 59.0 cm³/mol. The monoisotopic (exact) mass is 212 g/mol. The van der Waals surface area contributed by atoms with Gasteiger partial charge in [-0.2, -0.15) is 0 Å². The fourth-order valence-electron chi connectivity index (χ4n) is 1.85. The van der Waals surface area contributed by atoms with Crippen molar-refractivity contribution in [1.82, 2.24) is 0 Å². The average molecular weight is 212 g/mol. The molecule has 2 heteroatoms. The van der Waals surface area contributed by atoms with E-state index in [9.17, 15) is 8.78 Å². The fraction of sp³-hybridized carbons (Fsp3) is 0. The molecule has 3 aromatic rings. The largest absolute Gasteiger partial charge is 0.206 e. The van der Waals surface area contributed by atoms with Crippen molar-refractivity contribution in [2.24, 2.45) is 0 Å². The Balaban J connectivity index is 2.54. The quantitative estimate of drug-likeness (QED) is 0.496. The minimum absolute atomic E-state index is 0.410. The first-order valence-corrected chi connectivity index (χ1v) is 4.85. The lowest BCUT2D eigenvalue weighted by Crippen LogP contribution is -1.83. The van der Waals surface area contributed by atoms with E-state index >= 15 is 0 Å². The molecule has 0 nitrogen and oxygen atoms in total. The highest BCUT2D eigenvalue weighted by molar-refractivity contribution is 5.98. The summed E-state index contributed by atoms with van der Waals surface area (Å²) in [7, 11) is 0. The molecule has 0 aromatic heterocycles. The van der Waals surface area contributed by atoms with Crippen molar-refractivity contribution in [2.75, 3.05) is 0 Å². The van der Waals surface area contributed by atoms with Gasteiger partial charge in [0, 0.05) is 22.9 Å². The SMILES string of the molecule is Fc1[c]ccc2cc3c(F)[c]ccc3cc12. The van der Waals surface area contributed by atoms with E-state index in [-0.39, 0.29) is 0 Å². The Hall–Kier alpha value is -1.96. The Labute approximate surface area is 91.1 Å². The van der Waals surface area contributed by atoms with Gasteiger partial charge in [0.2, 0.25) is 0 Å². The number of benzene rings is 3. The molecular weight excluding hydrogens is 206 g/mol. The van der Waals surface area contributed by atoms with Crippen LogP contribution in [0, 0.1) is 23.8 Å². The van der Waals surface area contributed by atoms with E-state index in [2.05, 4.69) is 12.1 Å². The Morgan fingerprint density at radius 1 is 0.750 bits per heavy atom. The van der Waals surface area contributed by atoms with E-state index in [4.69, 9.17) is 0 Å². The molecule has 76 valence electrons. The molecule has 0 bridgehead atoms. The standard InChI is InChI=1S/C14H6F2/c15-13-5-1-3-9-7-12-10(8-11(9)13)4-2-6-14(12)16/h1-4,7-8H. The van der Waals surface area contributed by atoms with Gasteiger partial charge in [0.05, 0.1) is 0 Å². The van der Waals surface area contributed by atoms with Gasteiger partial charge in [-0.05, 0) is 22.9 Å². The van der Waals surface area contributed by atoms with Crippen LogP contribution in [0.2, 0.25) is 0 Å². The molecular formula is C14H6F2. The summed E-state index contributed by atoms with van der Waals surface area (Å²) >= 11 is 0. The summed E-state index contributed by atoms with van der Waals surface area (Å²) in [4.78, 5) is 0. The molecule has 0 N–H and O–H groups in total. The van der Waals surface area contributed by atoms with E-state index in [1.807, 2.05) is 0 Å². The summed E-state index contributed by atoms with van der Waals surface area (Å²) in [5.74, 6) is -0.819. The topological polar surface area (TPSA) is 0 Å². The molecule has 0 amide bonds. The van der Waals surface area contributed by atoms with Gasteiger partial charge in [0.25, 0.3) is 0 Å². The van der Waals surface area contributed by atoms with Gasteiger partial charge in [-0.25, -0.2) is 8.78 Å². The van der Waals surface area contributed by atoms with Crippen LogP contribution in [-0.4, -0.2) is 0 Å². The maximum absolute atomic E-state index is 13.5. The maximum atomic E-state index is 13.5. The third-order valence-corrected chi connectivity index (χ3v) is 2.64. The van der Waals surface area contributed by atoms with Crippen molar-refractivity contribution in [3.8, 4) is 0 Å². The predicted octanol–water partition coefficient (Wildman–Crippen LogP) is 3.87. The summed E-state index contributed by atoms with van der Waals surface area (Å²) in [6.07, 6.45) is 0. The second-order valence-corrected chi connectivity index (χ2v) is 3.61. The Bertz CT molecular complexity index is 625. The lowest BCUT2D eigenvalue weighted by molar-refractivity contribution is 0.636. The lowest BCUT2D eigenvalue weighted by Gasteiger charge is -2.03. The minimum Gasteiger partial charge on any atom is -0.206 e. The lowest BCUT2D eigenvalue weighted by atomic mass is 10.0. The second-order valence-electron chi connectivity index (χ2n) is 3.61. The molecule has 0 unspecified atom stereocenters. The number of halogens is 2. The van der Waals surface area contributed by atoms with Crippen LogP contribution in [0.5, 0.6) is 0 Å². The molecule has 0 spiro atoms. The molecule has 0 aliphatic rings. The molecule has 0 fully saturated rings. The van der Waals surface area contributed by atoms with Crippen molar-refractivity contribution < 1.29 is 8.78 Å². The average Bonchev–Trinajstić information content (AvgIpc) is 2.29. The highest BCUT2D eigenvalue weighted by Crippen LogP contribution is 2.25. The smallest absolute Gasteiger partial charge is 0.138 e. The Morgan fingerprint density at radius 3 is 1.62 bits per heavy atom. The second kappa shape index (κ2) is 3.27. The van der Waals surface area contributed by atoms with Crippen LogP contribution in [0.1, 0.15) is 0 Å². The van der Waals surface area contributed by atoms with Gasteiger partial charge in [0.15, 0.2) is 0 Å². The fourth-order valence-corrected chi connectivity index (χ4v) is 1.85. The molecule has 3 rings (SSSR count). The summed E-state index contributed by atoms with van der Waals surface area (Å²) < 4.78 is 26.9. The highest BCUT2D eigenvalue weighted by Gasteiger charge is 2.05. The number of fused-ring (bicyclic) bond motifs is 2. The first kappa shape index (κ1) is 9.28. The molecule has 0 saturated carbocycles. The zero-order chi connectivity index (χ0) is 11.1. The highest BCUT2D eigenvalue weighted by atomic mass is 19.1. The zero-order valence-electron chi connectivity index (χ0n) is 8.22. The van der Waals surface area contributed by atoms with Crippen molar-refractivity contribution >= 4 is 21.5 Å². The van der Waals surface area contributed by atoms with Crippen LogP contribution in [0.3, 0.4) is 0 Å². The summed E-state index contributed by atoms with van der Waals surface area (Å²) in [5.41, 5.74) is 0. The molecule has 0 aliphatic carbocycles. The van der Waals surface area contributed by atoms with E-state index in [1.165, 1.54) is 12.1 Å². The third-order valence-electron chi connectivity index (χ3n) is 2.64. The van der Waals surface area contributed by atoms with Gasteiger partial charge >= 0.3 is 0 Å². The van der Waals surface area contributed by atoms with Crippen LogP contribution < -0.4 is 0 Å². The van der Waals surface area contributed by atoms with Crippen molar-refractivity contribution in [2.45, 2.75) is 0 Å². The number of hydrogen-bond acceptors (Lipinski definition) is 0. The molecule has 0 atom stereocenters. The Kier molecular flexibility index (Phi) is 1.90. The number of hydrogen-bond donors (Lipinski definition) is 0. The van der Waals surface area contributed by atoms with Crippen molar-refractivity contribution in [3.05, 3.63) is 60.2 Å². The van der Waals surface area contributed by atoms with E-state index in [0.29, 0.717) is 21.5 Å². The van der Waals surface area contributed by atoms with Crippen molar-refractivity contribution in [3.63, 3.8) is 0 Å². The molecule has 0 aliphatic heterocycles. The van der Waals surface area contributed by atoms with Crippen LogP contribution in [0.15, 0.2) is 36.4 Å². The summed E-state index contributed by atoms with van der Waals surface area (Å²) in [5, 5.41) is 2.26. The van der Waals surface area contributed by atoms with Gasteiger partial charge in [-0.3, -0.25) is 0 Å². The third kappa shape index (κ3) is 1.27. The normalized spacial score (nSPS) is 11.1. The molecule has 2 radical (unpaired) electrons. The minimum atomic E-state index is -0.410. The van der Waals surface area contributed by atoms with Gasteiger partial charge in [0.1, 0.15) is 11.6 Å².